The first kappa shape index (κ1) is 24.2. The maximum absolute atomic E-state index is 13.0. The number of primary amides is 1. The van der Waals surface area contributed by atoms with Gasteiger partial charge >= 0.3 is 0 Å². The Kier molecular flexibility index (Phi) is 7.10. The Labute approximate surface area is 206 Å². The third-order valence-corrected chi connectivity index (χ3v) is 5.56. The number of hydrogen-bond donors (Lipinski definition) is 3. The summed E-state index contributed by atoms with van der Waals surface area (Å²) >= 11 is 0. The normalized spacial score (nSPS) is 11.5. The van der Waals surface area contributed by atoms with Gasteiger partial charge in [0, 0.05) is 17.7 Å². The van der Waals surface area contributed by atoms with E-state index in [1.54, 1.807) is 55.5 Å². The van der Waals surface area contributed by atoms with E-state index in [-0.39, 0.29) is 17.7 Å². The average molecular weight is 482 g/mol. The predicted octanol–water partition coefficient (Wildman–Crippen LogP) is 2.59. The highest BCUT2D eigenvalue weighted by atomic mass is 16.2. The van der Waals surface area contributed by atoms with Gasteiger partial charge < -0.3 is 16.4 Å². The zero-order chi connectivity index (χ0) is 25.7. The minimum Gasteiger partial charge on any atom is -0.363 e. The van der Waals surface area contributed by atoms with Crippen molar-refractivity contribution in [3.05, 3.63) is 101 Å². The van der Waals surface area contributed by atoms with E-state index in [4.69, 9.17) is 5.73 Å². The highest BCUT2D eigenvalue weighted by Gasteiger charge is 2.26. The fraction of sp³-hybridized carbons (Fsp3) is 0.111. The van der Waals surface area contributed by atoms with Crippen LogP contribution in [0, 0.1) is 6.92 Å². The molecule has 4 aromatic rings. The molecule has 0 radical (unpaired) electrons. The zero-order valence-electron chi connectivity index (χ0n) is 19.4. The molecule has 0 spiro atoms. The summed E-state index contributed by atoms with van der Waals surface area (Å²) in [6.07, 6.45) is 1.52. The molecule has 3 aromatic carbocycles. The molecule has 4 rings (SSSR count). The number of rotatable bonds is 8. The lowest BCUT2D eigenvalue weighted by Gasteiger charge is -2.17. The van der Waals surface area contributed by atoms with Crippen LogP contribution in [0.25, 0.3) is 11.0 Å². The van der Waals surface area contributed by atoms with E-state index in [9.17, 15) is 19.2 Å². The van der Waals surface area contributed by atoms with Gasteiger partial charge in [-0.3, -0.25) is 24.2 Å². The summed E-state index contributed by atoms with van der Waals surface area (Å²) in [5.41, 5.74) is 8.69. The topological polar surface area (TPSA) is 144 Å². The van der Waals surface area contributed by atoms with Crippen LogP contribution in [0.2, 0.25) is 0 Å². The standard InChI is InChI=1S/C27H23N5O4/c1-16-13-18(30-27(36)23-15-29-20-9-5-6-10-21(20)31-23)11-12-19(16)26(35)32-22(24(33)25(28)34)14-17-7-3-2-4-8-17/h2-13,15,22H,14H2,1H3,(H2,28,34)(H,30,36)(H,32,35). The van der Waals surface area contributed by atoms with Crippen molar-refractivity contribution in [2.24, 2.45) is 5.73 Å². The lowest BCUT2D eigenvalue weighted by molar-refractivity contribution is -0.137. The van der Waals surface area contributed by atoms with Crippen molar-refractivity contribution in [2.45, 2.75) is 19.4 Å². The quantitative estimate of drug-likeness (QED) is 0.330. The summed E-state index contributed by atoms with van der Waals surface area (Å²) in [4.78, 5) is 58.1. The Morgan fingerprint density at radius 1 is 0.889 bits per heavy atom. The van der Waals surface area contributed by atoms with E-state index in [0.717, 1.165) is 5.56 Å². The SMILES string of the molecule is Cc1cc(NC(=O)c2cnc3ccccc3n2)ccc1C(=O)NC(Cc1ccccc1)C(=O)C(N)=O. The van der Waals surface area contributed by atoms with Crippen LogP contribution in [0.15, 0.2) is 79.0 Å². The predicted molar refractivity (Wildman–Crippen MR) is 134 cm³/mol. The number of carbonyl (C=O) groups excluding carboxylic acids is 4. The van der Waals surface area contributed by atoms with E-state index in [1.165, 1.54) is 12.3 Å². The van der Waals surface area contributed by atoms with Gasteiger partial charge in [0.15, 0.2) is 0 Å². The molecule has 1 unspecified atom stereocenters. The van der Waals surface area contributed by atoms with Gasteiger partial charge in [-0.05, 0) is 48.4 Å². The average Bonchev–Trinajstić information content (AvgIpc) is 2.88. The number of Topliss-reactive ketones (excluding diaryl/α,β-unsaturated/α-hetero) is 1. The minimum atomic E-state index is -1.12. The Hall–Kier alpha value is -4.92. The molecule has 0 saturated carbocycles. The molecule has 4 N–H and O–H groups in total. The van der Waals surface area contributed by atoms with Crippen molar-refractivity contribution in [1.82, 2.24) is 15.3 Å². The van der Waals surface area contributed by atoms with E-state index < -0.39 is 29.5 Å². The number of fused-ring (bicyclic) bond motifs is 1. The number of amides is 3. The smallest absolute Gasteiger partial charge is 0.287 e. The summed E-state index contributed by atoms with van der Waals surface area (Å²) in [5.74, 6) is -2.99. The largest absolute Gasteiger partial charge is 0.363 e. The van der Waals surface area contributed by atoms with Crippen LogP contribution in [0.1, 0.15) is 32.0 Å². The van der Waals surface area contributed by atoms with Crippen LogP contribution in [-0.4, -0.2) is 39.5 Å². The summed E-state index contributed by atoms with van der Waals surface area (Å²) in [6.45, 7) is 1.70. The van der Waals surface area contributed by atoms with Crippen LogP contribution in [0.3, 0.4) is 0 Å². The number of nitrogens with zero attached hydrogens (tertiary/aromatic N) is 2. The Morgan fingerprint density at radius 2 is 1.58 bits per heavy atom. The number of ketones is 1. The van der Waals surface area contributed by atoms with Gasteiger partial charge in [-0.25, -0.2) is 4.98 Å². The molecule has 1 heterocycles. The van der Waals surface area contributed by atoms with Gasteiger partial charge in [-0.1, -0.05) is 42.5 Å². The molecule has 0 aliphatic heterocycles. The number of benzene rings is 3. The lowest BCUT2D eigenvalue weighted by Crippen LogP contribution is -2.47. The van der Waals surface area contributed by atoms with Crippen molar-refractivity contribution in [1.29, 1.82) is 0 Å². The zero-order valence-corrected chi connectivity index (χ0v) is 19.4. The molecule has 0 aliphatic rings. The molecule has 0 bridgehead atoms. The van der Waals surface area contributed by atoms with Crippen LogP contribution >= 0.6 is 0 Å². The van der Waals surface area contributed by atoms with Crippen molar-refractivity contribution in [3.8, 4) is 0 Å². The first-order valence-electron chi connectivity index (χ1n) is 11.1. The highest BCUT2D eigenvalue weighted by molar-refractivity contribution is 6.38. The van der Waals surface area contributed by atoms with Gasteiger partial charge in [-0.15, -0.1) is 0 Å². The maximum Gasteiger partial charge on any atom is 0.287 e. The second-order valence-electron chi connectivity index (χ2n) is 8.17. The highest BCUT2D eigenvalue weighted by Crippen LogP contribution is 2.17. The summed E-state index contributed by atoms with van der Waals surface area (Å²) in [5, 5.41) is 5.36. The van der Waals surface area contributed by atoms with Crippen LogP contribution in [-0.2, 0) is 16.0 Å². The molecule has 3 amide bonds. The summed E-state index contributed by atoms with van der Waals surface area (Å²) in [6, 6.07) is 19.8. The molecule has 180 valence electrons. The first-order valence-corrected chi connectivity index (χ1v) is 11.1. The van der Waals surface area contributed by atoms with Gasteiger partial charge in [-0.2, -0.15) is 0 Å². The van der Waals surface area contributed by atoms with E-state index in [2.05, 4.69) is 20.6 Å². The minimum absolute atomic E-state index is 0.119. The summed E-state index contributed by atoms with van der Waals surface area (Å²) in [7, 11) is 0. The molecule has 0 fully saturated rings. The molecule has 9 heteroatoms. The number of nitrogens with one attached hydrogen (secondary N) is 2. The second-order valence-corrected chi connectivity index (χ2v) is 8.17. The number of hydrogen-bond acceptors (Lipinski definition) is 6. The van der Waals surface area contributed by atoms with Gasteiger partial charge in [0.05, 0.1) is 17.2 Å². The van der Waals surface area contributed by atoms with E-state index in [1.807, 2.05) is 18.2 Å². The van der Waals surface area contributed by atoms with E-state index >= 15 is 0 Å². The fourth-order valence-electron chi connectivity index (χ4n) is 3.72. The summed E-state index contributed by atoms with van der Waals surface area (Å²) < 4.78 is 0. The Bertz CT molecular complexity index is 1470. The van der Waals surface area contributed by atoms with Crippen molar-refractivity contribution >= 4 is 40.2 Å². The van der Waals surface area contributed by atoms with Crippen molar-refractivity contribution in [2.75, 3.05) is 5.32 Å². The molecule has 0 aliphatic carbocycles. The number of aromatic nitrogens is 2. The fourth-order valence-corrected chi connectivity index (χ4v) is 3.72. The molecule has 0 saturated heterocycles. The van der Waals surface area contributed by atoms with Crippen molar-refractivity contribution < 1.29 is 19.2 Å². The lowest BCUT2D eigenvalue weighted by atomic mass is 10.0. The second kappa shape index (κ2) is 10.6. The third-order valence-electron chi connectivity index (χ3n) is 5.56. The molecular weight excluding hydrogens is 458 g/mol. The Morgan fingerprint density at radius 3 is 2.28 bits per heavy atom. The third kappa shape index (κ3) is 5.58. The number of aryl methyl sites for hydroxylation is 1. The van der Waals surface area contributed by atoms with Gasteiger partial charge in [0.25, 0.3) is 17.7 Å². The molecule has 1 atom stereocenters. The van der Waals surface area contributed by atoms with E-state index in [0.29, 0.717) is 22.3 Å². The van der Waals surface area contributed by atoms with Gasteiger partial charge in [0.1, 0.15) is 11.7 Å². The molecule has 1 aromatic heterocycles. The van der Waals surface area contributed by atoms with Crippen LogP contribution < -0.4 is 16.4 Å². The first-order chi connectivity index (χ1) is 17.3. The van der Waals surface area contributed by atoms with Crippen LogP contribution in [0.5, 0.6) is 0 Å². The monoisotopic (exact) mass is 481 g/mol. The maximum atomic E-state index is 13.0. The molecule has 9 nitrogen and oxygen atoms in total. The number of anilines is 1. The Balaban J connectivity index is 1.48. The van der Waals surface area contributed by atoms with Crippen molar-refractivity contribution in [3.63, 3.8) is 0 Å². The molecular formula is C27H23N5O4. The van der Waals surface area contributed by atoms with Gasteiger partial charge in [0.2, 0.25) is 5.78 Å². The number of carbonyl (C=O) groups is 4. The molecule has 36 heavy (non-hydrogen) atoms. The van der Waals surface area contributed by atoms with Crippen LogP contribution in [0.4, 0.5) is 5.69 Å². The number of nitrogens with two attached hydrogens (primary N) is 1. The number of para-hydroxylation sites is 2.